The predicted molar refractivity (Wildman–Crippen MR) is 268 cm³/mol. The molecule has 2 rings (SSSR count). The lowest BCUT2D eigenvalue weighted by Gasteiger charge is -2.46. The normalized spacial score (nSPS) is 26.6. The molecule has 0 aromatic heterocycles. The molecule has 68 heavy (non-hydrogen) atoms. The Morgan fingerprint density at radius 3 is 1.44 bits per heavy atom. The summed E-state index contributed by atoms with van der Waals surface area (Å²) in [5.74, 6) is -0.259. The maximum absolute atomic E-state index is 13.1. The van der Waals surface area contributed by atoms with Gasteiger partial charge in [0.15, 0.2) is 12.6 Å². The summed E-state index contributed by atoms with van der Waals surface area (Å²) < 4.78 is 22.6. The maximum Gasteiger partial charge on any atom is 0.220 e. The van der Waals surface area contributed by atoms with Gasteiger partial charge in [-0.15, -0.1) is 0 Å². The first kappa shape index (κ1) is 62.3. The SMILES string of the molecule is CCCCCCCCCCCCCCCCCC/C=C/CC/C=C/CC/C=C/C(O)C(COC1OC(CO)C(OC2OC(CO)C(O)C(O)C2O)C(O)C1O)NC(=O)CCCCCCCCCC. The number of hydrogen-bond acceptors (Lipinski definition) is 13. The van der Waals surface area contributed by atoms with Crippen LogP contribution >= 0.6 is 0 Å². The number of amides is 1. The second kappa shape index (κ2) is 40.8. The number of unbranched alkanes of at least 4 members (excludes halogenated alkanes) is 25. The van der Waals surface area contributed by atoms with Crippen molar-refractivity contribution < 1.29 is 64.6 Å². The number of nitrogens with one attached hydrogen (secondary N) is 1. The van der Waals surface area contributed by atoms with Crippen molar-refractivity contribution in [3.63, 3.8) is 0 Å². The van der Waals surface area contributed by atoms with Gasteiger partial charge in [-0.25, -0.2) is 0 Å². The summed E-state index contributed by atoms with van der Waals surface area (Å²) in [6, 6.07) is -0.932. The van der Waals surface area contributed by atoms with E-state index in [1.165, 1.54) is 128 Å². The third kappa shape index (κ3) is 27.1. The minimum atomic E-state index is -1.79. The van der Waals surface area contributed by atoms with Crippen molar-refractivity contribution >= 4 is 5.91 Å². The predicted octanol–water partition coefficient (Wildman–Crippen LogP) is 7.88. The van der Waals surface area contributed by atoms with Gasteiger partial charge in [0.1, 0.15) is 48.8 Å². The van der Waals surface area contributed by atoms with Gasteiger partial charge in [0.05, 0.1) is 32.0 Å². The fourth-order valence-electron chi connectivity index (χ4n) is 8.85. The van der Waals surface area contributed by atoms with Crippen LogP contribution in [0, 0.1) is 0 Å². The molecule has 14 heteroatoms. The number of aliphatic hydroxyl groups is 8. The van der Waals surface area contributed by atoms with E-state index >= 15 is 0 Å². The Kier molecular flexibility index (Phi) is 37.4. The van der Waals surface area contributed by atoms with Gasteiger partial charge in [-0.05, 0) is 44.9 Å². The zero-order valence-corrected chi connectivity index (χ0v) is 42.3. The average Bonchev–Trinajstić information content (AvgIpc) is 3.34. The molecule has 0 bridgehead atoms. The molecule has 0 spiro atoms. The van der Waals surface area contributed by atoms with Gasteiger partial charge in [0, 0.05) is 6.42 Å². The molecular formula is C54H99NO13. The minimum absolute atomic E-state index is 0.259. The minimum Gasteiger partial charge on any atom is -0.394 e. The van der Waals surface area contributed by atoms with E-state index in [9.17, 15) is 45.6 Å². The fraction of sp³-hybridized carbons (Fsp3) is 0.870. The van der Waals surface area contributed by atoms with Crippen LogP contribution in [0.25, 0.3) is 0 Å². The van der Waals surface area contributed by atoms with E-state index in [0.29, 0.717) is 12.8 Å². The molecule has 398 valence electrons. The largest absolute Gasteiger partial charge is 0.394 e. The number of carbonyl (C=O) groups is 1. The summed E-state index contributed by atoms with van der Waals surface area (Å²) in [6.07, 6.45) is 30.8. The number of aliphatic hydroxyl groups excluding tert-OH is 8. The Morgan fingerprint density at radius 2 is 0.941 bits per heavy atom. The lowest BCUT2D eigenvalue weighted by molar-refractivity contribution is -0.359. The molecule has 2 saturated heterocycles. The molecule has 2 fully saturated rings. The van der Waals surface area contributed by atoms with Crippen molar-refractivity contribution in [2.75, 3.05) is 19.8 Å². The third-order valence-corrected chi connectivity index (χ3v) is 13.3. The van der Waals surface area contributed by atoms with E-state index in [2.05, 4.69) is 43.5 Å². The molecule has 9 N–H and O–H groups in total. The lowest BCUT2D eigenvalue weighted by Crippen LogP contribution is -2.65. The van der Waals surface area contributed by atoms with Crippen LogP contribution in [0.5, 0.6) is 0 Å². The second-order valence-corrected chi connectivity index (χ2v) is 19.3. The van der Waals surface area contributed by atoms with Crippen LogP contribution in [0.4, 0.5) is 0 Å². The van der Waals surface area contributed by atoms with E-state index in [0.717, 1.165) is 44.9 Å². The summed E-state index contributed by atoms with van der Waals surface area (Å²) in [4.78, 5) is 13.1. The van der Waals surface area contributed by atoms with E-state index in [4.69, 9.17) is 18.9 Å². The molecule has 2 heterocycles. The van der Waals surface area contributed by atoms with Crippen molar-refractivity contribution in [2.24, 2.45) is 0 Å². The van der Waals surface area contributed by atoms with E-state index in [1.807, 2.05) is 6.08 Å². The quantitative estimate of drug-likeness (QED) is 0.0210. The van der Waals surface area contributed by atoms with Gasteiger partial charge in [-0.2, -0.15) is 0 Å². The van der Waals surface area contributed by atoms with Crippen molar-refractivity contribution in [1.82, 2.24) is 5.32 Å². The third-order valence-electron chi connectivity index (χ3n) is 13.3. The number of ether oxygens (including phenoxy) is 4. The molecule has 12 atom stereocenters. The molecule has 14 nitrogen and oxygen atoms in total. The molecule has 0 aromatic carbocycles. The Morgan fingerprint density at radius 1 is 0.515 bits per heavy atom. The first-order chi connectivity index (χ1) is 33.1. The van der Waals surface area contributed by atoms with Crippen molar-refractivity contribution in [3.05, 3.63) is 36.5 Å². The molecule has 1 amide bonds. The van der Waals surface area contributed by atoms with E-state index in [-0.39, 0.29) is 18.9 Å². The van der Waals surface area contributed by atoms with Crippen LogP contribution in [0.15, 0.2) is 36.5 Å². The monoisotopic (exact) mass is 970 g/mol. The molecule has 12 unspecified atom stereocenters. The number of allylic oxidation sites excluding steroid dienone is 5. The topological polar surface area (TPSA) is 228 Å². The molecule has 0 saturated carbocycles. The number of hydrogen-bond donors (Lipinski definition) is 9. The molecule has 2 aliphatic heterocycles. The molecule has 0 aromatic rings. The fourth-order valence-corrected chi connectivity index (χ4v) is 8.85. The highest BCUT2D eigenvalue weighted by molar-refractivity contribution is 5.76. The summed E-state index contributed by atoms with van der Waals surface area (Å²) >= 11 is 0. The highest BCUT2D eigenvalue weighted by atomic mass is 16.7. The molecule has 0 radical (unpaired) electrons. The van der Waals surface area contributed by atoms with Crippen LogP contribution in [0.1, 0.15) is 206 Å². The van der Waals surface area contributed by atoms with Gasteiger partial charge in [0.25, 0.3) is 0 Å². The Hall–Kier alpha value is -1.79. The van der Waals surface area contributed by atoms with Crippen LogP contribution in [-0.2, 0) is 23.7 Å². The van der Waals surface area contributed by atoms with Gasteiger partial charge in [-0.1, -0.05) is 192 Å². The maximum atomic E-state index is 13.1. The number of rotatable bonds is 42. The smallest absolute Gasteiger partial charge is 0.220 e. The summed E-state index contributed by atoms with van der Waals surface area (Å²) in [6.45, 7) is 2.72. The Labute approximate surface area is 411 Å². The van der Waals surface area contributed by atoms with E-state index in [1.54, 1.807) is 6.08 Å². The second-order valence-electron chi connectivity index (χ2n) is 19.3. The van der Waals surface area contributed by atoms with Crippen molar-refractivity contribution in [2.45, 2.75) is 280 Å². The van der Waals surface area contributed by atoms with Crippen molar-refractivity contribution in [1.29, 1.82) is 0 Å². The van der Waals surface area contributed by atoms with Crippen LogP contribution in [-0.4, -0.2) is 140 Å². The molecular weight excluding hydrogens is 871 g/mol. The Bertz CT molecular complexity index is 1280. The van der Waals surface area contributed by atoms with Gasteiger partial charge in [0.2, 0.25) is 5.91 Å². The average molecular weight is 970 g/mol. The van der Waals surface area contributed by atoms with Crippen LogP contribution in [0.2, 0.25) is 0 Å². The molecule has 0 aliphatic carbocycles. The van der Waals surface area contributed by atoms with E-state index < -0.39 is 86.8 Å². The van der Waals surface area contributed by atoms with Gasteiger partial charge < -0.3 is 65.1 Å². The highest BCUT2D eigenvalue weighted by Gasteiger charge is 2.51. The summed E-state index contributed by atoms with van der Waals surface area (Å²) in [7, 11) is 0. The van der Waals surface area contributed by atoms with Gasteiger partial charge >= 0.3 is 0 Å². The summed E-state index contributed by atoms with van der Waals surface area (Å²) in [5, 5.41) is 86.6. The first-order valence-electron chi connectivity index (χ1n) is 27.2. The summed E-state index contributed by atoms with van der Waals surface area (Å²) in [5.41, 5.74) is 0. The van der Waals surface area contributed by atoms with Crippen molar-refractivity contribution in [3.8, 4) is 0 Å². The lowest BCUT2D eigenvalue weighted by atomic mass is 9.97. The Balaban J connectivity index is 1.75. The molecule has 2 aliphatic rings. The standard InChI is InChI=1S/C54H99NO13/c1-3-5-7-9-11-13-14-15-16-17-18-19-20-21-22-23-24-25-26-27-28-29-30-31-33-35-37-43(58)42(55-46(59)38-36-34-32-12-10-8-6-4-2)41-65-53-51(64)49(62)52(45(40-57)67-53)68-54-50(63)48(61)47(60)44(39-56)66-54/h25-26,29-30,35,37,42-45,47-54,56-58,60-64H,3-24,27-28,31-34,36,38-41H2,1-2H3,(H,55,59)/b26-25+,30-29+,37-35+. The first-order valence-corrected chi connectivity index (χ1v) is 27.2. The van der Waals surface area contributed by atoms with Crippen LogP contribution in [0.3, 0.4) is 0 Å². The highest BCUT2D eigenvalue weighted by Crippen LogP contribution is 2.30. The van der Waals surface area contributed by atoms with Crippen LogP contribution < -0.4 is 5.32 Å². The zero-order chi connectivity index (χ0) is 49.6. The number of carbonyl (C=O) groups excluding carboxylic acids is 1. The van der Waals surface area contributed by atoms with Gasteiger partial charge in [-0.3, -0.25) is 4.79 Å². The zero-order valence-electron chi connectivity index (χ0n) is 42.3.